The molecule has 2 aliphatic heterocycles. The van der Waals surface area contributed by atoms with Gasteiger partial charge in [0.25, 0.3) is 0 Å². The number of carbonyl (C=O) groups is 1. The predicted molar refractivity (Wildman–Crippen MR) is 86.7 cm³/mol. The van der Waals surface area contributed by atoms with Gasteiger partial charge in [0.1, 0.15) is 5.82 Å². The molecule has 1 spiro atoms. The van der Waals surface area contributed by atoms with Crippen molar-refractivity contribution in [2.24, 2.45) is 0 Å². The Hall–Kier alpha value is -1.46. The second kappa shape index (κ2) is 6.57. The number of hydrogen-bond donors (Lipinski definition) is 0. The Bertz CT molecular complexity index is 561. The highest BCUT2D eigenvalue weighted by atomic mass is 19.1. The number of benzene rings is 1. The molecule has 0 saturated carbocycles. The van der Waals surface area contributed by atoms with Gasteiger partial charge in [0.15, 0.2) is 0 Å². The van der Waals surface area contributed by atoms with Gasteiger partial charge in [0, 0.05) is 25.7 Å². The van der Waals surface area contributed by atoms with E-state index in [4.69, 9.17) is 4.74 Å². The number of likely N-dealkylation sites (tertiary alicyclic amines) is 1. The minimum Gasteiger partial charge on any atom is -0.373 e. The van der Waals surface area contributed by atoms with Crippen molar-refractivity contribution in [3.8, 4) is 0 Å². The van der Waals surface area contributed by atoms with Crippen molar-refractivity contribution in [2.45, 2.75) is 37.3 Å². The molecule has 0 unspecified atom stereocenters. The standard InChI is InChI=1S/C18H25FN2O2/c1-20(2)16-7-10-23-18(12-16)8-9-21(13-18)17(22)11-14-3-5-15(19)6-4-14/h3-6,16H,7-13H2,1-2H3/t16-,18+/m0/s1. The van der Waals surface area contributed by atoms with Gasteiger partial charge in [-0.05, 0) is 51.1 Å². The van der Waals surface area contributed by atoms with E-state index in [1.165, 1.54) is 12.1 Å². The molecule has 4 nitrogen and oxygen atoms in total. The summed E-state index contributed by atoms with van der Waals surface area (Å²) in [6.45, 7) is 2.19. The van der Waals surface area contributed by atoms with E-state index in [0.29, 0.717) is 19.0 Å². The number of ether oxygens (including phenoxy) is 1. The van der Waals surface area contributed by atoms with Gasteiger partial charge in [-0.25, -0.2) is 4.39 Å². The molecule has 1 amide bonds. The van der Waals surface area contributed by atoms with Crippen LogP contribution in [0.25, 0.3) is 0 Å². The first kappa shape index (κ1) is 16.4. The largest absolute Gasteiger partial charge is 0.373 e. The summed E-state index contributed by atoms with van der Waals surface area (Å²) in [6, 6.07) is 6.69. The number of hydrogen-bond acceptors (Lipinski definition) is 3. The van der Waals surface area contributed by atoms with Crippen LogP contribution in [0, 0.1) is 5.82 Å². The molecule has 2 heterocycles. The second-order valence-electron chi connectivity index (χ2n) is 7.01. The molecule has 0 bridgehead atoms. The van der Waals surface area contributed by atoms with E-state index in [-0.39, 0.29) is 17.3 Å². The van der Waals surface area contributed by atoms with Gasteiger partial charge in [-0.15, -0.1) is 0 Å². The van der Waals surface area contributed by atoms with Crippen LogP contribution in [0.15, 0.2) is 24.3 Å². The third-order valence-corrected chi connectivity index (χ3v) is 5.13. The van der Waals surface area contributed by atoms with Crippen LogP contribution >= 0.6 is 0 Å². The van der Waals surface area contributed by atoms with Crippen LogP contribution < -0.4 is 0 Å². The van der Waals surface area contributed by atoms with Crippen molar-refractivity contribution in [3.05, 3.63) is 35.6 Å². The molecule has 2 aliphatic rings. The van der Waals surface area contributed by atoms with Crippen LogP contribution in [0.4, 0.5) is 4.39 Å². The normalized spacial score (nSPS) is 27.8. The van der Waals surface area contributed by atoms with Gasteiger partial charge < -0.3 is 14.5 Å². The molecule has 0 radical (unpaired) electrons. The first-order valence-electron chi connectivity index (χ1n) is 8.30. The Kier molecular flexibility index (Phi) is 4.69. The first-order chi connectivity index (χ1) is 11.0. The fourth-order valence-electron chi connectivity index (χ4n) is 3.67. The summed E-state index contributed by atoms with van der Waals surface area (Å²) < 4.78 is 19.0. The molecule has 0 N–H and O–H groups in total. The van der Waals surface area contributed by atoms with Crippen LogP contribution in [0.5, 0.6) is 0 Å². The third kappa shape index (κ3) is 3.72. The molecule has 2 atom stereocenters. The fourth-order valence-corrected chi connectivity index (χ4v) is 3.67. The maximum absolute atomic E-state index is 12.9. The minimum atomic E-state index is -0.272. The predicted octanol–water partition coefficient (Wildman–Crippen LogP) is 2.08. The van der Waals surface area contributed by atoms with E-state index < -0.39 is 0 Å². The summed E-state index contributed by atoms with van der Waals surface area (Å²) in [6.07, 6.45) is 3.28. The Morgan fingerprint density at radius 2 is 2.13 bits per heavy atom. The molecule has 0 aromatic heterocycles. The van der Waals surface area contributed by atoms with Crippen molar-refractivity contribution < 1.29 is 13.9 Å². The summed E-state index contributed by atoms with van der Waals surface area (Å²) in [7, 11) is 4.21. The van der Waals surface area contributed by atoms with E-state index in [9.17, 15) is 9.18 Å². The smallest absolute Gasteiger partial charge is 0.227 e. The zero-order valence-corrected chi connectivity index (χ0v) is 13.9. The third-order valence-electron chi connectivity index (χ3n) is 5.13. The molecule has 1 aromatic carbocycles. The highest BCUT2D eigenvalue weighted by Gasteiger charge is 2.44. The van der Waals surface area contributed by atoms with Crippen molar-refractivity contribution in [2.75, 3.05) is 33.8 Å². The van der Waals surface area contributed by atoms with Crippen LogP contribution in [0.3, 0.4) is 0 Å². The molecule has 0 aliphatic carbocycles. The maximum Gasteiger partial charge on any atom is 0.227 e. The molecular formula is C18H25FN2O2. The Morgan fingerprint density at radius 1 is 1.39 bits per heavy atom. The van der Waals surface area contributed by atoms with Crippen LogP contribution in [-0.4, -0.2) is 61.1 Å². The minimum absolute atomic E-state index is 0.101. The van der Waals surface area contributed by atoms with Crippen molar-refractivity contribution in [1.29, 1.82) is 0 Å². The number of nitrogens with zero attached hydrogens (tertiary/aromatic N) is 2. The zero-order valence-electron chi connectivity index (χ0n) is 13.9. The molecule has 23 heavy (non-hydrogen) atoms. The van der Waals surface area contributed by atoms with Crippen molar-refractivity contribution in [1.82, 2.24) is 9.80 Å². The van der Waals surface area contributed by atoms with Crippen LogP contribution in [-0.2, 0) is 16.0 Å². The summed E-state index contributed by atoms with van der Waals surface area (Å²) in [5.74, 6) is -0.171. The van der Waals surface area contributed by atoms with Gasteiger partial charge >= 0.3 is 0 Å². The van der Waals surface area contributed by atoms with Crippen molar-refractivity contribution >= 4 is 5.91 Å². The maximum atomic E-state index is 12.9. The molecule has 126 valence electrons. The van der Waals surface area contributed by atoms with E-state index in [0.717, 1.165) is 38.0 Å². The monoisotopic (exact) mass is 320 g/mol. The lowest BCUT2D eigenvalue weighted by Gasteiger charge is -2.40. The number of amides is 1. The molecule has 3 rings (SSSR count). The van der Waals surface area contributed by atoms with E-state index in [2.05, 4.69) is 19.0 Å². The van der Waals surface area contributed by atoms with Gasteiger partial charge in [-0.3, -0.25) is 4.79 Å². The summed E-state index contributed by atoms with van der Waals surface area (Å²) in [5.41, 5.74) is 0.680. The van der Waals surface area contributed by atoms with E-state index >= 15 is 0 Å². The summed E-state index contributed by atoms with van der Waals surface area (Å²) in [4.78, 5) is 16.7. The van der Waals surface area contributed by atoms with Crippen molar-refractivity contribution in [3.63, 3.8) is 0 Å². The summed E-state index contributed by atoms with van der Waals surface area (Å²) in [5, 5.41) is 0. The Morgan fingerprint density at radius 3 is 2.83 bits per heavy atom. The number of rotatable bonds is 3. The van der Waals surface area contributed by atoms with Gasteiger partial charge in [0.05, 0.1) is 12.0 Å². The highest BCUT2D eigenvalue weighted by Crippen LogP contribution is 2.35. The van der Waals surface area contributed by atoms with Crippen LogP contribution in [0.1, 0.15) is 24.8 Å². The topological polar surface area (TPSA) is 32.8 Å². The average molecular weight is 320 g/mol. The molecule has 2 fully saturated rings. The number of halogens is 1. The zero-order chi connectivity index (χ0) is 16.4. The lowest BCUT2D eigenvalue weighted by molar-refractivity contribution is -0.133. The Balaban J connectivity index is 1.60. The van der Waals surface area contributed by atoms with Crippen LogP contribution in [0.2, 0.25) is 0 Å². The fraction of sp³-hybridized carbons (Fsp3) is 0.611. The SMILES string of the molecule is CN(C)[C@H]1CCO[C@]2(CCN(C(=O)Cc3ccc(F)cc3)C2)C1. The molecule has 5 heteroatoms. The molecule has 1 aromatic rings. The van der Waals surface area contributed by atoms with E-state index in [1.807, 2.05) is 4.90 Å². The second-order valence-corrected chi connectivity index (χ2v) is 7.01. The lowest BCUT2D eigenvalue weighted by atomic mass is 9.89. The molecular weight excluding hydrogens is 295 g/mol. The van der Waals surface area contributed by atoms with E-state index in [1.54, 1.807) is 12.1 Å². The summed E-state index contributed by atoms with van der Waals surface area (Å²) >= 11 is 0. The lowest BCUT2D eigenvalue weighted by Crippen LogP contribution is -2.48. The molecule has 2 saturated heterocycles. The van der Waals surface area contributed by atoms with Gasteiger partial charge in [-0.2, -0.15) is 0 Å². The average Bonchev–Trinajstić information content (AvgIpc) is 2.93. The van der Waals surface area contributed by atoms with Gasteiger partial charge in [0.2, 0.25) is 5.91 Å². The first-order valence-corrected chi connectivity index (χ1v) is 8.30. The highest BCUT2D eigenvalue weighted by molar-refractivity contribution is 5.79. The van der Waals surface area contributed by atoms with Gasteiger partial charge in [-0.1, -0.05) is 12.1 Å². The number of carbonyl (C=O) groups excluding carboxylic acids is 1. The Labute approximate surface area is 137 Å². The quantitative estimate of drug-likeness (QED) is 0.855.